The lowest BCUT2D eigenvalue weighted by Gasteiger charge is -2.07. The van der Waals surface area contributed by atoms with Gasteiger partial charge in [0.1, 0.15) is 0 Å². The zero-order chi connectivity index (χ0) is 16.0. The average molecular weight is 305 g/mol. The zero-order valence-electron chi connectivity index (χ0n) is 13.9. The Bertz CT molecular complexity index is 418. The first kappa shape index (κ1) is 18.7. The number of nitrogens with one attached hydrogen (secondary N) is 1. The third-order valence-corrected chi connectivity index (χ3v) is 4.16. The van der Waals surface area contributed by atoms with Crippen LogP contribution in [0, 0.1) is 0 Å². The van der Waals surface area contributed by atoms with Gasteiger partial charge in [0.2, 0.25) is 0 Å². The van der Waals surface area contributed by atoms with Crippen LogP contribution in [0.5, 0.6) is 0 Å². The Morgan fingerprint density at radius 2 is 1.45 bits per heavy atom. The van der Waals surface area contributed by atoms with E-state index >= 15 is 0 Å². The standard InChI is InChI=1S/C19H31NO2/c1-2-3-4-5-6-7-8-9-10-11-14-17-15-12-13-16-18(17)19(21)20-22/h12-13,15-16,22H,2-11,14H2,1H3,(H,20,21). The average Bonchev–Trinajstić information content (AvgIpc) is 2.56. The number of hydroxylamine groups is 1. The van der Waals surface area contributed by atoms with Gasteiger partial charge in [-0.15, -0.1) is 0 Å². The molecule has 0 aliphatic rings. The Morgan fingerprint density at radius 3 is 2.05 bits per heavy atom. The van der Waals surface area contributed by atoms with Gasteiger partial charge in [-0.3, -0.25) is 10.0 Å². The lowest BCUT2D eigenvalue weighted by Crippen LogP contribution is -2.20. The third kappa shape index (κ3) is 7.60. The van der Waals surface area contributed by atoms with E-state index < -0.39 is 5.91 Å². The van der Waals surface area contributed by atoms with Crippen molar-refractivity contribution in [2.24, 2.45) is 0 Å². The molecule has 1 aromatic rings. The van der Waals surface area contributed by atoms with Crippen LogP contribution >= 0.6 is 0 Å². The highest BCUT2D eigenvalue weighted by atomic mass is 16.5. The van der Waals surface area contributed by atoms with E-state index in [0.717, 1.165) is 18.4 Å². The molecule has 0 saturated heterocycles. The van der Waals surface area contributed by atoms with Crippen molar-refractivity contribution in [1.29, 1.82) is 0 Å². The summed E-state index contributed by atoms with van der Waals surface area (Å²) in [6.07, 6.45) is 14.0. The Kier molecular flexibility index (Phi) is 10.4. The van der Waals surface area contributed by atoms with Gasteiger partial charge in [-0.25, -0.2) is 5.48 Å². The van der Waals surface area contributed by atoms with Crippen molar-refractivity contribution < 1.29 is 10.0 Å². The van der Waals surface area contributed by atoms with E-state index in [1.54, 1.807) is 11.5 Å². The Hall–Kier alpha value is -1.35. The molecule has 0 aromatic heterocycles. The van der Waals surface area contributed by atoms with E-state index in [2.05, 4.69) is 6.92 Å². The number of rotatable bonds is 12. The molecule has 124 valence electrons. The molecule has 1 aromatic carbocycles. The molecule has 0 atom stereocenters. The quantitative estimate of drug-likeness (QED) is 0.314. The number of carbonyl (C=O) groups excluding carboxylic acids is 1. The van der Waals surface area contributed by atoms with Gasteiger partial charge in [-0.05, 0) is 24.5 Å². The van der Waals surface area contributed by atoms with Crippen LogP contribution in [-0.4, -0.2) is 11.1 Å². The van der Waals surface area contributed by atoms with E-state index in [4.69, 9.17) is 5.21 Å². The van der Waals surface area contributed by atoms with Crippen LogP contribution in [0.1, 0.15) is 87.1 Å². The molecular weight excluding hydrogens is 274 g/mol. The summed E-state index contributed by atoms with van der Waals surface area (Å²) < 4.78 is 0. The Labute approximate surface area is 135 Å². The molecule has 1 amide bonds. The van der Waals surface area contributed by atoms with Crippen LogP contribution in [0.4, 0.5) is 0 Å². The highest BCUT2D eigenvalue weighted by Gasteiger charge is 2.09. The first-order valence-corrected chi connectivity index (χ1v) is 8.82. The maximum absolute atomic E-state index is 11.6. The monoisotopic (exact) mass is 305 g/mol. The van der Waals surface area contributed by atoms with E-state index in [0.29, 0.717) is 5.56 Å². The van der Waals surface area contributed by atoms with E-state index in [1.807, 2.05) is 18.2 Å². The molecule has 0 saturated carbocycles. The van der Waals surface area contributed by atoms with Crippen LogP contribution in [0.15, 0.2) is 24.3 Å². The van der Waals surface area contributed by atoms with Crippen molar-refractivity contribution in [3.63, 3.8) is 0 Å². The van der Waals surface area contributed by atoms with Gasteiger partial charge in [0.25, 0.3) is 5.91 Å². The zero-order valence-corrected chi connectivity index (χ0v) is 13.9. The number of hydrogen-bond donors (Lipinski definition) is 2. The maximum Gasteiger partial charge on any atom is 0.274 e. The SMILES string of the molecule is CCCCCCCCCCCCc1ccccc1C(=O)NO. The van der Waals surface area contributed by atoms with Crippen LogP contribution in [0.25, 0.3) is 0 Å². The normalized spacial score (nSPS) is 10.6. The summed E-state index contributed by atoms with van der Waals surface area (Å²) in [5, 5.41) is 8.76. The fourth-order valence-electron chi connectivity index (χ4n) is 2.82. The molecule has 22 heavy (non-hydrogen) atoms. The van der Waals surface area contributed by atoms with Crippen LogP contribution < -0.4 is 5.48 Å². The highest BCUT2D eigenvalue weighted by molar-refractivity contribution is 5.94. The molecule has 0 bridgehead atoms. The first-order valence-electron chi connectivity index (χ1n) is 8.82. The second kappa shape index (κ2) is 12.2. The molecule has 0 radical (unpaired) electrons. The van der Waals surface area contributed by atoms with Gasteiger partial charge in [0, 0.05) is 5.56 Å². The van der Waals surface area contributed by atoms with Crippen molar-refractivity contribution in [3.05, 3.63) is 35.4 Å². The van der Waals surface area contributed by atoms with Gasteiger partial charge in [0.15, 0.2) is 0 Å². The van der Waals surface area contributed by atoms with Crippen LogP contribution in [-0.2, 0) is 6.42 Å². The molecule has 0 spiro atoms. The number of benzene rings is 1. The molecule has 0 aliphatic carbocycles. The minimum absolute atomic E-state index is 0.414. The van der Waals surface area contributed by atoms with Crippen molar-refractivity contribution in [2.45, 2.75) is 77.6 Å². The molecule has 0 unspecified atom stereocenters. The number of hydrogen-bond acceptors (Lipinski definition) is 2. The molecular formula is C19H31NO2. The number of carbonyl (C=O) groups is 1. The summed E-state index contributed by atoms with van der Waals surface area (Å²) in [4.78, 5) is 11.6. The lowest BCUT2D eigenvalue weighted by molar-refractivity contribution is 0.0705. The molecule has 3 nitrogen and oxygen atoms in total. The summed E-state index contributed by atoms with van der Waals surface area (Å²) in [7, 11) is 0. The van der Waals surface area contributed by atoms with Crippen LogP contribution in [0.3, 0.4) is 0 Å². The van der Waals surface area contributed by atoms with Crippen molar-refractivity contribution >= 4 is 5.91 Å². The van der Waals surface area contributed by atoms with Crippen molar-refractivity contribution in [2.75, 3.05) is 0 Å². The summed E-state index contributed by atoms with van der Waals surface area (Å²) in [5.74, 6) is -0.414. The van der Waals surface area contributed by atoms with E-state index in [1.165, 1.54) is 57.8 Å². The van der Waals surface area contributed by atoms with E-state index in [9.17, 15) is 4.79 Å². The second-order valence-corrected chi connectivity index (χ2v) is 6.03. The molecule has 1 rings (SSSR count). The number of aryl methyl sites for hydroxylation is 1. The molecule has 2 N–H and O–H groups in total. The van der Waals surface area contributed by atoms with Gasteiger partial charge < -0.3 is 0 Å². The summed E-state index contributed by atoms with van der Waals surface area (Å²) >= 11 is 0. The first-order chi connectivity index (χ1) is 10.8. The fourth-order valence-corrected chi connectivity index (χ4v) is 2.82. The minimum atomic E-state index is -0.414. The molecule has 3 heteroatoms. The van der Waals surface area contributed by atoms with Gasteiger partial charge in [0.05, 0.1) is 0 Å². The molecule has 0 heterocycles. The van der Waals surface area contributed by atoms with Crippen molar-refractivity contribution in [1.82, 2.24) is 5.48 Å². The van der Waals surface area contributed by atoms with Crippen LogP contribution in [0.2, 0.25) is 0 Å². The third-order valence-electron chi connectivity index (χ3n) is 4.16. The van der Waals surface area contributed by atoms with Gasteiger partial charge in [-0.2, -0.15) is 0 Å². The van der Waals surface area contributed by atoms with Crippen molar-refractivity contribution in [3.8, 4) is 0 Å². The highest BCUT2D eigenvalue weighted by Crippen LogP contribution is 2.15. The molecule has 0 fully saturated rings. The topological polar surface area (TPSA) is 49.3 Å². The van der Waals surface area contributed by atoms with Gasteiger partial charge >= 0.3 is 0 Å². The lowest BCUT2D eigenvalue weighted by atomic mass is 10.00. The fraction of sp³-hybridized carbons (Fsp3) is 0.632. The predicted octanol–water partition coefficient (Wildman–Crippen LogP) is 5.27. The summed E-state index contributed by atoms with van der Waals surface area (Å²) in [5.41, 5.74) is 3.33. The number of unbranched alkanes of at least 4 members (excludes halogenated alkanes) is 9. The maximum atomic E-state index is 11.6. The molecule has 0 aliphatic heterocycles. The largest absolute Gasteiger partial charge is 0.288 e. The number of amides is 1. The summed E-state index contributed by atoms with van der Waals surface area (Å²) in [6.45, 7) is 2.25. The Balaban J connectivity index is 2.11. The van der Waals surface area contributed by atoms with Gasteiger partial charge in [-0.1, -0.05) is 82.9 Å². The second-order valence-electron chi connectivity index (χ2n) is 6.03. The Morgan fingerprint density at radius 1 is 0.909 bits per heavy atom. The summed E-state index contributed by atoms with van der Waals surface area (Å²) in [6, 6.07) is 7.50. The van der Waals surface area contributed by atoms with E-state index in [-0.39, 0.29) is 0 Å². The smallest absolute Gasteiger partial charge is 0.274 e. The predicted molar refractivity (Wildman–Crippen MR) is 91.2 cm³/mol. The minimum Gasteiger partial charge on any atom is -0.288 e.